The van der Waals surface area contributed by atoms with Crippen molar-refractivity contribution in [1.82, 2.24) is 0 Å². The number of aliphatic hydroxyl groups is 1. The van der Waals surface area contributed by atoms with Gasteiger partial charge < -0.3 is 10.0 Å². The van der Waals surface area contributed by atoms with Crippen molar-refractivity contribution < 1.29 is 9.32 Å². The Kier molecular flexibility index (Phi) is 11.4. The Morgan fingerprint density at radius 1 is 1.06 bits per heavy atom. The molecule has 1 N–H and O–H groups in total. The topological polar surface area (TPSA) is 40.5 Å². The summed E-state index contributed by atoms with van der Waals surface area (Å²) in [7, 11) is 3.00. The van der Waals surface area contributed by atoms with Crippen LogP contribution in [0, 0.1) is 5.41 Å². The molecule has 3 nitrogen and oxygen atoms in total. The number of fused-ring (bicyclic) bond motifs is 1. The summed E-state index contributed by atoms with van der Waals surface area (Å²) in [4.78, 5) is 2.98. The van der Waals surface area contributed by atoms with Crippen molar-refractivity contribution in [3.05, 3.63) is 59.7 Å². The second kappa shape index (κ2) is 13.5. The van der Waals surface area contributed by atoms with E-state index in [2.05, 4.69) is 52.9 Å². The maximum atomic E-state index is 13.1. The Hall–Kier alpha value is -1.17. The number of aliphatic hydroxyl groups excluding tert-OH is 1. The van der Waals surface area contributed by atoms with E-state index in [4.69, 9.17) is 0 Å². The monoisotopic (exact) mass is 521 g/mol. The minimum atomic E-state index is -1.03. The number of unbranched alkanes of at least 4 members (excludes halogenated alkanes) is 2. The molecule has 178 valence electrons. The largest absolute Gasteiger partial charge is 0.392 e. The lowest BCUT2D eigenvalue weighted by Gasteiger charge is -2.37. The highest BCUT2D eigenvalue weighted by Crippen LogP contribution is 2.42. The average molecular weight is 523 g/mol. The van der Waals surface area contributed by atoms with Gasteiger partial charge in [0.25, 0.3) is 0 Å². The van der Waals surface area contributed by atoms with E-state index in [0.29, 0.717) is 12.2 Å². The fourth-order valence-electron chi connectivity index (χ4n) is 4.31. The second-order valence-electron chi connectivity index (χ2n) is 9.08. The SMILES string of the molecule is BrCc1ccccc1.CCCCC1(CCCC)CS(=O)c2ccc(N(C)C)cc2CC1O. The van der Waals surface area contributed by atoms with Crippen molar-refractivity contribution in [2.45, 2.75) is 75.1 Å². The van der Waals surface area contributed by atoms with Crippen LogP contribution in [0.15, 0.2) is 53.4 Å². The second-order valence-corrected chi connectivity index (χ2v) is 11.1. The van der Waals surface area contributed by atoms with Crippen molar-refractivity contribution in [2.75, 3.05) is 24.7 Å². The Bertz CT molecular complexity index is 833. The normalized spacial score (nSPS) is 19.3. The summed E-state index contributed by atoms with van der Waals surface area (Å²) in [6.45, 7) is 4.37. The fourth-order valence-corrected chi connectivity index (χ4v) is 6.50. The molecule has 1 aliphatic rings. The van der Waals surface area contributed by atoms with E-state index >= 15 is 0 Å². The van der Waals surface area contributed by atoms with Gasteiger partial charge in [-0.1, -0.05) is 85.8 Å². The molecule has 0 fully saturated rings. The maximum Gasteiger partial charge on any atom is 0.0646 e. The molecule has 0 saturated heterocycles. The summed E-state index contributed by atoms with van der Waals surface area (Å²) in [5.41, 5.74) is 3.29. The van der Waals surface area contributed by atoms with Crippen LogP contribution in [0.5, 0.6) is 0 Å². The third-order valence-electron chi connectivity index (χ3n) is 6.40. The molecule has 32 heavy (non-hydrogen) atoms. The van der Waals surface area contributed by atoms with Gasteiger partial charge in [-0.3, -0.25) is 4.21 Å². The standard InChI is InChI=1S/C20H33NO2S.C7H7Br/c1-5-7-11-20(12-8-6-2)15-24(23)18-10-9-17(21(3)4)13-16(18)14-19(20)22;8-6-7-4-2-1-3-5-7/h9-10,13,19,22H,5-8,11-12,14-15H2,1-4H3;1-5H,6H2. The van der Waals surface area contributed by atoms with Crippen LogP contribution in [0.3, 0.4) is 0 Å². The van der Waals surface area contributed by atoms with E-state index in [1.807, 2.05) is 44.4 Å². The summed E-state index contributed by atoms with van der Waals surface area (Å²) in [6.07, 6.45) is 6.59. The molecule has 0 amide bonds. The lowest BCUT2D eigenvalue weighted by molar-refractivity contribution is 0.0254. The van der Waals surface area contributed by atoms with Crippen LogP contribution in [0.25, 0.3) is 0 Å². The van der Waals surface area contributed by atoms with Gasteiger partial charge in [0.15, 0.2) is 0 Å². The summed E-state index contributed by atoms with van der Waals surface area (Å²) in [5.74, 6) is 0.600. The smallest absolute Gasteiger partial charge is 0.0646 e. The van der Waals surface area contributed by atoms with Gasteiger partial charge in [0.2, 0.25) is 0 Å². The number of nitrogens with zero attached hydrogens (tertiary/aromatic N) is 1. The first-order valence-electron chi connectivity index (χ1n) is 11.8. The number of anilines is 1. The summed E-state index contributed by atoms with van der Waals surface area (Å²) < 4.78 is 13.1. The van der Waals surface area contributed by atoms with Crippen molar-refractivity contribution >= 4 is 32.4 Å². The van der Waals surface area contributed by atoms with Crippen LogP contribution in [0.2, 0.25) is 0 Å². The van der Waals surface area contributed by atoms with E-state index in [-0.39, 0.29) is 5.41 Å². The molecule has 1 aliphatic heterocycles. The van der Waals surface area contributed by atoms with E-state index in [0.717, 1.165) is 60.0 Å². The first-order chi connectivity index (χ1) is 15.4. The first-order valence-corrected chi connectivity index (χ1v) is 14.3. The Morgan fingerprint density at radius 3 is 2.19 bits per heavy atom. The minimum Gasteiger partial charge on any atom is -0.392 e. The van der Waals surface area contributed by atoms with Gasteiger partial charge in [0.1, 0.15) is 0 Å². The molecular formula is C27H40BrNO2S. The number of hydrogen-bond donors (Lipinski definition) is 1. The van der Waals surface area contributed by atoms with Gasteiger partial charge in [-0.15, -0.1) is 0 Å². The van der Waals surface area contributed by atoms with Crippen LogP contribution in [0.4, 0.5) is 5.69 Å². The minimum absolute atomic E-state index is 0.200. The first kappa shape index (κ1) is 27.1. The van der Waals surface area contributed by atoms with Gasteiger partial charge in [-0.2, -0.15) is 0 Å². The average Bonchev–Trinajstić information content (AvgIpc) is 2.91. The zero-order valence-corrected chi connectivity index (χ0v) is 22.6. The molecule has 2 atom stereocenters. The molecule has 0 radical (unpaired) electrons. The Labute approximate surface area is 206 Å². The molecule has 2 unspecified atom stereocenters. The predicted octanol–water partition coefficient (Wildman–Crippen LogP) is 6.73. The fraction of sp³-hybridized carbons (Fsp3) is 0.556. The molecule has 0 saturated carbocycles. The number of benzene rings is 2. The summed E-state index contributed by atoms with van der Waals surface area (Å²) in [5, 5.41) is 12.1. The zero-order valence-electron chi connectivity index (χ0n) is 20.1. The number of rotatable bonds is 8. The van der Waals surface area contributed by atoms with E-state index in [1.165, 1.54) is 5.56 Å². The van der Waals surface area contributed by atoms with Crippen molar-refractivity contribution in [3.63, 3.8) is 0 Å². The van der Waals surface area contributed by atoms with Crippen LogP contribution in [-0.4, -0.2) is 35.3 Å². The quantitative estimate of drug-likeness (QED) is 0.391. The highest BCUT2D eigenvalue weighted by atomic mass is 79.9. The predicted molar refractivity (Wildman–Crippen MR) is 142 cm³/mol. The van der Waals surface area contributed by atoms with Crippen molar-refractivity contribution in [1.29, 1.82) is 0 Å². The van der Waals surface area contributed by atoms with Crippen molar-refractivity contribution in [2.24, 2.45) is 5.41 Å². The van der Waals surface area contributed by atoms with Gasteiger partial charge in [0.05, 0.1) is 16.9 Å². The molecule has 0 aliphatic carbocycles. The highest BCUT2D eigenvalue weighted by molar-refractivity contribution is 9.08. The molecule has 3 rings (SSSR count). The van der Waals surface area contributed by atoms with E-state index in [9.17, 15) is 9.32 Å². The van der Waals surface area contributed by atoms with Crippen LogP contribution >= 0.6 is 15.9 Å². The summed E-state index contributed by atoms with van der Waals surface area (Å²) in [6, 6.07) is 16.4. The molecule has 0 spiro atoms. The molecule has 0 aromatic heterocycles. The number of alkyl halides is 1. The molecule has 0 bridgehead atoms. The van der Waals surface area contributed by atoms with Gasteiger partial charge in [-0.25, -0.2) is 0 Å². The maximum absolute atomic E-state index is 13.1. The number of hydrogen-bond acceptors (Lipinski definition) is 3. The molecular weight excluding hydrogens is 482 g/mol. The third kappa shape index (κ3) is 7.43. The van der Waals surface area contributed by atoms with Gasteiger partial charge in [0, 0.05) is 47.6 Å². The molecule has 2 aromatic rings. The Balaban J connectivity index is 0.000000380. The van der Waals surface area contributed by atoms with E-state index < -0.39 is 16.9 Å². The number of halogens is 1. The van der Waals surface area contributed by atoms with E-state index in [1.54, 1.807) is 0 Å². The molecule has 2 aromatic carbocycles. The van der Waals surface area contributed by atoms with Gasteiger partial charge in [-0.05, 0) is 42.2 Å². The lowest BCUT2D eigenvalue weighted by Crippen LogP contribution is -2.40. The summed E-state index contributed by atoms with van der Waals surface area (Å²) >= 11 is 3.36. The lowest BCUT2D eigenvalue weighted by atomic mass is 9.73. The van der Waals surface area contributed by atoms with Crippen molar-refractivity contribution in [3.8, 4) is 0 Å². The highest BCUT2D eigenvalue weighted by Gasteiger charge is 2.41. The van der Waals surface area contributed by atoms with Crippen LogP contribution < -0.4 is 4.90 Å². The van der Waals surface area contributed by atoms with Gasteiger partial charge >= 0.3 is 0 Å². The molecule has 1 heterocycles. The Morgan fingerprint density at radius 2 is 1.69 bits per heavy atom. The zero-order chi connectivity index (χ0) is 23.6. The third-order valence-corrected chi connectivity index (χ3v) is 8.77. The van der Waals surface area contributed by atoms with Crippen LogP contribution in [-0.2, 0) is 22.6 Å². The van der Waals surface area contributed by atoms with Crippen LogP contribution in [0.1, 0.15) is 63.5 Å². The molecule has 5 heteroatoms.